The molecule has 1 unspecified atom stereocenters. The lowest BCUT2D eigenvalue weighted by atomic mass is 9.93. The van der Waals surface area contributed by atoms with E-state index in [-0.39, 0.29) is 23.6 Å². The number of hydrogen-bond acceptors (Lipinski definition) is 7. The van der Waals surface area contributed by atoms with Crippen LogP contribution in [0.2, 0.25) is 0 Å². The van der Waals surface area contributed by atoms with Gasteiger partial charge in [0, 0.05) is 58.9 Å². The quantitative estimate of drug-likeness (QED) is 0.553. The van der Waals surface area contributed by atoms with Crippen molar-refractivity contribution >= 4 is 38.3 Å². The van der Waals surface area contributed by atoms with Gasteiger partial charge in [0.15, 0.2) is 9.84 Å². The summed E-state index contributed by atoms with van der Waals surface area (Å²) >= 11 is 1.56. The van der Waals surface area contributed by atoms with Gasteiger partial charge in [-0.1, -0.05) is 13.3 Å². The van der Waals surface area contributed by atoms with Crippen LogP contribution in [0.25, 0.3) is 22.0 Å². The van der Waals surface area contributed by atoms with Crippen molar-refractivity contribution in [2.45, 2.75) is 43.3 Å². The number of nitrogens with zero attached hydrogens (tertiary/aromatic N) is 3. The Kier molecular flexibility index (Phi) is 5.84. The van der Waals surface area contributed by atoms with E-state index in [4.69, 9.17) is 0 Å². The molecular formula is C25H26F2N4O3S2. The fraction of sp³-hybridized carbons (Fsp3) is 0.440. The van der Waals surface area contributed by atoms with E-state index in [0.29, 0.717) is 54.3 Å². The summed E-state index contributed by atoms with van der Waals surface area (Å²) in [5.74, 6) is -0.0760. The standard InChI is InChI=1S/C25H26F2N4O3S2/c1-2-3-14-10-17-22-23(21(14)16-5-4-15(26)11-18(16)27)35-9-8-31(22)25(32)29-24(17)30-7-6-28-19-12-36(33,34)13-20(19)30/h4-5,10-11,19-20,28H,2-3,6-9,12-13H2,1H3/t19?,20-/m0/s1. The summed E-state index contributed by atoms with van der Waals surface area (Å²) in [7, 11) is -3.20. The molecule has 0 radical (unpaired) electrons. The first-order valence-electron chi connectivity index (χ1n) is 12.2. The maximum atomic E-state index is 15.1. The summed E-state index contributed by atoms with van der Waals surface area (Å²) in [6.45, 7) is 3.63. The number of aryl methyl sites for hydroxylation is 2. The van der Waals surface area contributed by atoms with Crippen molar-refractivity contribution in [2.24, 2.45) is 0 Å². The fourth-order valence-electron chi connectivity index (χ4n) is 5.84. The summed E-state index contributed by atoms with van der Waals surface area (Å²) in [6, 6.07) is 5.06. The lowest BCUT2D eigenvalue weighted by Crippen LogP contribution is -2.58. The largest absolute Gasteiger partial charge is 0.350 e. The average molecular weight is 533 g/mol. The minimum absolute atomic E-state index is 0.0131. The highest BCUT2D eigenvalue weighted by molar-refractivity contribution is 7.99. The molecule has 3 aliphatic rings. The van der Waals surface area contributed by atoms with Gasteiger partial charge in [-0.15, -0.1) is 11.8 Å². The van der Waals surface area contributed by atoms with E-state index in [0.717, 1.165) is 28.3 Å². The molecule has 2 aromatic carbocycles. The number of sulfone groups is 1. The molecule has 1 aromatic heterocycles. The van der Waals surface area contributed by atoms with Crippen LogP contribution in [0.4, 0.5) is 14.6 Å². The minimum atomic E-state index is -3.20. The first kappa shape index (κ1) is 23.9. The number of benzene rings is 2. The molecule has 2 atom stereocenters. The molecule has 3 aliphatic heterocycles. The number of anilines is 1. The Hall–Kier alpha value is -2.50. The number of aromatic nitrogens is 2. The van der Waals surface area contributed by atoms with Crippen LogP contribution in [0.5, 0.6) is 0 Å². The van der Waals surface area contributed by atoms with Crippen LogP contribution in [0, 0.1) is 11.6 Å². The maximum absolute atomic E-state index is 15.1. The van der Waals surface area contributed by atoms with E-state index in [1.165, 1.54) is 12.1 Å². The zero-order chi connectivity index (χ0) is 25.2. The topological polar surface area (TPSA) is 84.3 Å². The van der Waals surface area contributed by atoms with E-state index in [1.807, 2.05) is 17.9 Å². The molecular weight excluding hydrogens is 506 g/mol. The number of fused-ring (bicyclic) bond motifs is 1. The fourth-order valence-corrected chi connectivity index (χ4v) is 9.01. The molecule has 0 spiro atoms. The van der Waals surface area contributed by atoms with Crippen molar-refractivity contribution in [1.82, 2.24) is 14.9 Å². The summed E-state index contributed by atoms with van der Waals surface area (Å²) < 4.78 is 55.3. The lowest BCUT2D eigenvalue weighted by molar-refractivity contribution is 0.423. The van der Waals surface area contributed by atoms with Crippen LogP contribution in [-0.2, 0) is 22.8 Å². The molecule has 7 nitrogen and oxygen atoms in total. The van der Waals surface area contributed by atoms with Crippen molar-refractivity contribution < 1.29 is 17.2 Å². The van der Waals surface area contributed by atoms with E-state index < -0.39 is 27.2 Å². The summed E-state index contributed by atoms with van der Waals surface area (Å²) in [4.78, 5) is 20.5. The zero-order valence-corrected chi connectivity index (χ0v) is 21.4. The second kappa shape index (κ2) is 8.81. The molecule has 1 N–H and O–H groups in total. The minimum Gasteiger partial charge on any atom is -0.349 e. The average Bonchev–Trinajstić information content (AvgIpc) is 3.16. The molecule has 0 saturated carbocycles. The predicted molar refractivity (Wildman–Crippen MR) is 138 cm³/mol. The number of hydrogen-bond donors (Lipinski definition) is 1. The number of piperazine rings is 1. The Morgan fingerprint density at radius 3 is 2.81 bits per heavy atom. The van der Waals surface area contributed by atoms with Gasteiger partial charge >= 0.3 is 5.69 Å². The Bertz CT molecular complexity index is 1560. The van der Waals surface area contributed by atoms with Gasteiger partial charge in [0.05, 0.1) is 23.1 Å². The SMILES string of the molecule is CCCc1cc2c(N3CCNC4CS(=O)(=O)C[C@@H]43)nc(=O)n3c2c(c1-c1ccc(F)cc1F)SCC3. The number of thioether (sulfide) groups is 1. The third-order valence-electron chi connectivity index (χ3n) is 7.32. The zero-order valence-electron chi connectivity index (χ0n) is 19.8. The van der Waals surface area contributed by atoms with Crippen molar-refractivity contribution in [3.05, 3.63) is 51.9 Å². The molecule has 190 valence electrons. The molecule has 3 aromatic rings. The molecule has 0 amide bonds. The van der Waals surface area contributed by atoms with Gasteiger partial charge in [-0.25, -0.2) is 22.0 Å². The van der Waals surface area contributed by atoms with Crippen LogP contribution in [0.15, 0.2) is 34.0 Å². The van der Waals surface area contributed by atoms with Gasteiger partial charge in [0.2, 0.25) is 0 Å². The Balaban J connectivity index is 1.64. The highest BCUT2D eigenvalue weighted by Crippen LogP contribution is 2.45. The molecule has 0 aliphatic carbocycles. The predicted octanol–water partition coefficient (Wildman–Crippen LogP) is 2.98. The summed E-state index contributed by atoms with van der Waals surface area (Å²) in [5, 5.41) is 4.08. The molecule has 36 heavy (non-hydrogen) atoms. The Morgan fingerprint density at radius 2 is 2.03 bits per heavy atom. The van der Waals surface area contributed by atoms with Gasteiger partial charge in [0.25, 0.3) is 0 Å². The van der Waals surface area contributed by atoms with Gasteiger partial charge in [-0.2, -0.15) is 4.98 Å². The molecule has 6 rings (SSSR count). The van der Waals surface area contributed by atoms with E-state index in [1.54, 1.807) is 16.3 Å². The van der Waals surface area contributed by atoms with E-state index >= 15 is 4.39 Å². The highest BCUT2D eigenvalue weighted by Gasteiger charge is 2.44. The molecule has 0 bridgehead atoms. The number of rotatable bonds is 4. The lowest BCUT2D eigenvalue weighted by Gasteiger charge is -2.39. The van der Waals surface area contributed by atoms with Crippen LogP contribution in [0.1, 0.15) is 18.9 Å². The van der Waals surface area contributed by atoms with Crippen LogP contribution in [0.3, 0.4) is 0 Å². The van der Waals surface area contributed by atoms with Crippen LogP contribution in [-0.4, -0.2) is 60.4 Å². The highest BCUT2D eigenvalue weighted by atomic mass is 32.2. The third kappa shape index (κ3) is 3.83. The molecule has 11 heteroatoms. The smallest absolute Gasteiger partial charge is 0.349 e. The summed E-state index contributed by atoms with van der Waals surface area (Å²) in [5.41, 5.74) is 2.20. The third-order valence-corrected chi connectivity index (χ3v) is 10.1. The van der Waals surface area contributed by atoms with Gasteiger partial charge in [0.1, 0.15) is 17.5 Å². The number of halogens is 2. The summed E-state index contributed by atoms with van der Waals surface area (Å²) in [6.07, 6.45) is 1.47. The monoisotopic (exact) mass is 532 g/mol. The Morgan fingerprint density at radius 1 is 1.19 bits per heavy atom. The molecule has 2 fully saturated rings. The molecule has 4 heterocycles. The van der Waals surface area contributed by atoms with Gasteiger partial charge in [-0.3, -0.25) is 4.57 Å². The van der Waals surface area contributed by atoms with E-state index in [9.17, 15) is 17.6 Å². The Labute approximate surface area is 211 Å². The van der Waals surface area contributed by atoms with Crippen molar-refractivity contribution in [3.8, 4) is 11.1 Å². The van der Waals surface area contributed by atoms with Crippen molar-refractivity contribution in [3.63, 3.8) is 0 Å². The van der Waals surface area contributed by atoms with Crippen LogP contribution < -0.4 is 15.9 Å². The van der Waals surface area contributed by atoms with Crippen LogP contribution >= 0.6 is 11.8 Å². The van der Waals surface area contributed by atoms with Gasteiger partial charge in [-0.05, 0) is 30.2 Å². The first-order valence-corrected chi connectivity index (χ1v) is 15.0. The maximum Gasteiger partial charge on any atom is 0.350 e. The van der Waals surface area contributed by atoms with Gasteiger partial charge < -0.3 is 10.2 Å². The van der Waals surface area contributed by atoms with E-state index in [2.05, 4.69) is 10.3 Å². The normalized spacial score (nSPS) is 22.7. The second-order valence-corrected chi connectivity index (χ2v) is 12.9. The second-order valence-electron chi connectivity index (χ2n) is 9.63. The number of nitrogens with one attached hydrogen (secondary N) is 1. The van der Waals surface area contributed by atoms with Crippen molar-refractivity contribution in [2.75, 3.05) is 35.2 Å². The van der Waals surface area contributed by atoms with Crippen molar-refractivity contribution in [1.29, 1.82) is 0 Å². The molecule has 2 saturated heterocycles. The first-order chi connectivity index (χ1) is 17.3.